The first-order valence-corrected chi connectivity index (χ1v) is 5.51. The van der Waals surface area contributed by atoms with Gasteiger partial charge in [0, 0.05) is 13.0 Å². The molecule has 1 aromatic rings. The molecule has 0 bridgehead atoms. The Morgan fingerprint density at radius 1 is 1.50 bits per heavy atom. The first-order chi connectivity index (χ1) is 7.67. The molecule has 1 aromatic heterocycles. The third-order valence-corrected chi connectivity index (χ3v) is 2.23. The second kappa shape index (κ2) is 6.22. The Labute approximate surface area is 95.2 Å². The molecular formula is C10H19N5O. The number of aromatic amines is 1. The van der Waals surface area contributed by atoms with Crippen LogP contribution in [0.4, 0.5) is 0 Å². The number of nitrogens with one attached hydrogen (secondary N) is 3. The molecule has 0 aliphatic carbocycles. The van der Waals surface area contributed by atoms with Crippen LogP contribution in [0.1, 0.15) is 30.3 Å². The lowest BCUT2D eigenvalue weighted by molar-refractivity contribution is 0.0938. The number of hydrogen-bond acceptors (Lipinski definition) is 4. The van der Waals surface area contributed by atoms with Crippen molar-refractivity contribution >= 4 is 5.91 Å². The molecular weight excluding hydrogens is 206 g/mol. The zero-order valence-corrected chi connectivity index (χ0v) is 10.0. The Kier molecular flexibility index (Phi) is 4.91. The van der Waals surface area contributed by atoms with Crippen molar-refractivity contribution in [1.82, 2.24) is 25.8 Å². The van der Waals surface area contributed by atoms with Crippen molar-refractivity contribution in [2.75, 3.05) is 20.1 Å². The fourth-order valence-corrected chi connectivity index (χ4v) is 1.32. The molecule has 0 saturated heterocycles. The number of rotatable bonds is 6. The number of nitrogens with zero attached hydrogens (tertiary/aromatic N) is 2. The van der Waals surface area contributed by atoms with E-state index in [1.165, 1.54) is 0 Å². The Morgan fingerprint density at radius 3 is 2.81 bits per heavy atom. The molecule has 1 rings (SSSR count). The average molecular weight is 225 g/mol. The van der Waals surface area contributed by atoms with Gasteiger partial charge >= 0.3 is 0 Å². The minimum atomic E-state index is -0.223. The molecule has 0 aliphatic heterocycles. The van der Waals surface area contributed by atoms with Gasteiger partial charge in [0.05, 0.1) is 0 Å². The first kappa shape index (κ1) is 12.6. The van der Waals surface area contributed by atoms with Gasteiger partial charge in [-0.15, -0.1) is 5.10 Å². The minimum absolute atomic E-state index is 0.216. The van der Waals surface area contributed by atoms with Gasteiger partial charge in [0.25, 0.3) is 5.91 Å². The van der Waals surface area contributed by atoms with Gasteiger partial charge in [-0.25, -0.2) is 4.98 Å². The van der Waals surface area contributed by atoms with Crippen molar-refractivity contribution in [3.8, 4) is 0 Å². The van der Waals surface area contributed by atoms with Crippen LogP contribution in [0.5, 0.6) is 0 Å². The van der Waals surface area contributed by atoms with Gasteiger partial charge in [-0.2, -0.15) is 0 Å². The van der Waals surface area contributed by atoms with E-state index in [4.69, 9.17) is 0 Å². The standard InChI is InChI=1S/C10H19N5O/c1-4-8-13-9(15-14-8)10(16)12-6-7(2)5-11-3/h7,11H,4-6H2,1-3H3,(H,12,16)(H,13,14,15). The van der Waals surface area contributed by atoms with E-state index in [0.29, 0.717) is 12.5 Å². The summed E-state index contributed by atoms with van der Waals surface area (Å²) in [6.07, 6.45) is 0.746. The second-order valence-corrected chi connectivity index (χ2v) is 3.83. The SMILES string of the molecule is CCc1nc(C(=O)NCC(C)CNC)n[nH]1. The predicted octanol–water partition coefficient (Wildman–Crippen LogP) is -0.0476. The third-order valence-electron chi connectivity index (χ3n) is 2.23. The van der Waals surface area contributed by atoms with E-state index in [0.717, 1.165) is 18.8 Å². The van der Waals surface area contributed by atoms with Crippen LogP contribution in [0.3, 0.4) is 0 Å². The maximum absolute atomic E-state index is 11.6. The highest BCUT2D eigenvalue weighted by Crippen LogP contribution is 1.95. The lowest BCUT2D eigenvalue weighted by atomic mass is 10.2. The van der Waals surface area contributed by atoms with Crippen molar-refractivity contribution in [1.29, 1.82) is 0 Å². The largest absolute Gasteiger partial charge is 0.349 e. The van der Waals surface area contributed by atoms with E-state index in [2.05, 4.69) is 32.7 Å². The van der Waals surface area contributed by atoms with E-state index >= 15 is 0 Å². The van der Waals surface area contributed by atoms with E-state index in [1.54, 1.807) is 0 Å². The van der Waals surface area contributed by atoms with Crippen molar-refractivity contribution in [3.63, 3.8) is 0 Å². The van der Waals surface area contributed by atoms with Crippen LogP contribution < -0.4 is 10.6 Å². The Balaban J connectivity index is 2.40. The molecule has 90 valence electrons. The molecule has 6 nitrogen and oxygen atoms in total. The fourth-order valence-electron chi connectivity index (χ4n) is 1.32. The highest BCUT2D eigenvalue weighted by atomic mass is 16.2. The maximum Gasteiger partial charge on any atom is 0.290 e. The van der Waals surface area contributed by atoms with Gasteiger partial charge in [-0.1, -0.05) is 13.8 Å². The first-order valence-electron chi connectivity index (χ1n) is 5.51. The summed E-state index contributed by atoms with van der Waals surface area (Å²) in [6, 6.07) is 0. The van der Waals surface area contributed by atoms with Gasteiger partial charge in [-0.05, 0) is 19.5 Å². The van der Waals surface area contributed by atoms with Gasteiger partial charge in [0.1, 0.15) is 5.82 Å². The topological polar surface area (TPSA) is 82.7 Å². The van der Waals surface area contributed by atoms with Crippen LogP contribution in [0.15, 0.2) is 0 Å². The van der Waals surface area contributed by atoms with E-state index in [1.807, 2.05) is 14.0 Å². The molecule has 0 radical (unpaired) electrons. The molecule has 6 heteroatoms. The monoisotopic (exact) mass is 225 g/mol. The molecule has 0 fully saturated rings. The predicted molar refractivity (Wildman–Crippen MR) is 61.2 cm³/mol. The van der Waals surface area contributed by atoms with E-state index < -0.39 is 0 Å². The molecule has 0 saturated carbocycles. The quantitative estimate of drug-likeness (QED) is 0.634. The van der Waals surface area contributed by atoms with Gasteiger partial charge in [0.15, 0.2) is 0 Å². The molecule has 0 spiro atoms. The van der Waals surface area contributed by atoms with E-state index in [9.17, 15) is 4.79 Å². The van der Waals surface area contributed by atoms with Crippen molar-refractivity contribution < 1.29 is 4.79 Å². The molecule has 1 heterocycles. The van der Waals surface area contributed by atoms with Crippen molar-refractivity contribution in [3.05, 3.63) is 11.6 Å². The van der Waals surface area contributed by atoms with Crippen LogP contribution in [0, 0.1) is 5.92 Å². The number of carbonyl (C=O) groups is 1. The fraction of sp³-hybridized carbons (Fsp3) is 0.700. The number of amides is 1. The van der Waals surface area contributed by atoms with Crippen molar-refractivity contribution in [2.45, 2.75) is 20.3 Å². The number of aryl methyl sites for hydroxylation is 1. The minimum Gasteiger partial charge on any atom is -0.349 e. The summed E-state index contributed by atoms with van der Waals surface area (Å²) in [5, 5.41) is 12.4. The van der Waals surface area contributed by atoms with Crippen LogP contribution in [0.25, 0.3) is 0 Å². The number of H-pyrrole nitrogens is 1. The molecule has 3 N–H and O–H groups in total. The van der Waals surface area contributed by atoms with Crippen LogP contribution >= 0.6 is 0 Å². The Bertz CT molecular complexity index is 336. The molecule has 0 aliphatic rings. The summed E-state index contributed by atoms with van der Waals surface area (Å²) in [4.78, 5) is 15.7. The van der Waals surface area contributed by atoms with Crippen LogP contribution in [-0.4, -0.2) is 41.2 Å². The van der Waals surface area contributed by atoms with Gasteiger partial charge in [0.2, 0.25) is 5.82 Å². The summed E-state index contributed by atoms with van der Waals surface area (Å²) in [7, 11) is 1.89. The number of aromatic nitrogens is 3. The maximum atomic E-state index is 11.6. The highest BCUT2D eigenvalue weighted by Gasteiger charge is 2.12. The van der Waals surface area contributed by atoms with Crippen LogP contribution in [0.2, 0.25) is 0 Å². The van der Waals surface area contributed by atoms with E-state index in [-0.39, 0.29) is 11.7 Å². The summed E-state index contributed by atoms with van der Waals surface area (Å²) in [6.45, 7) is 5.51. The molecule has 16 heavy (non-hydrogen) atoms. The second-order valence-electron chi connectivity index (χ2n) is 3.83. The Hall–Kier alpha value is -1.43. The summed E-state index contributed by atoms with van der Waals surface area (Å²) in [5.41, 5.74) is 0. The average Bonchev–Trinajstić information content (AvgIpc) is 2.75. The smallest absolute Gasteiger partial charge is 0.290 e. The molecule has 1 amide bonds. The molecule has 1 unspecified atom stereocenters. The Morgan fingerprint density at radius 2 is 2.25 bits per heavy atom. The summed E-state index contributed by atoms with van der Waals surface area (Å²) in [5.74, 6) is 1.11. The van der Waals surface area contributed by atoms with Gasteiger partial charge < -0.3 is 10.6 Å². The molecule has 0 aromatic carbocycles. The third kappa shape index (κ3) is 3.62. The normalized spacial score (nSPS) is 12.4. The zero-order chi connectivity index (χ0) is 12.0. The van der Waals surface area contributed by atoms with Gasteiger partial charge in [-0.3, -0.25) is 9.89 Å². The number of carbonyl (C=O) groups excluding carboxylic acids is 1. The number of hydrogen-bond donors (Lipinski definition) is 3. The lowest BCUT2D eigenvalue weighted by Crippen LogP contribution is -2.32. The summed E-state index contributed by atoms with van der Waals surface area (Å²) >= 11 is 0. The molecule has 1 atom stereocenters. The van der Waals surface area contributed by atoms with Crippen molar-refractivity contribution in [2.24, 2.45) is 5.92 Å². The lowest BCUT2D eigenvalue weighted by Gasteiger charge is -2.10. The highest BCUT2D eigenvalue weighted by molar-refractivity contribution is 5.90. The van der Waals surface area contributed by atoms with Crippen LogP contribution in [-0.2, 0) is 6.42 Å². The summed E-state index contributed by atoms with van der Waals surface area (Å²) < 4.78 is 0. The zero-order valence-electron chi connectivity index (χ0n) is 10.0.